The van der Waals surface area contributed by atoms with Crippen LogP contribution in [0.5, 0.6) is 0 Å². The second kappa shape index (κ2) is 6.16. The van der Waals surface area contributed by atoms with Gasteiger partial charge in [-0.15, -0.1) is 0 Å². The molecule has 0 amide bonds. The highest BCUT2D eigenvalue weighted by Gasteiger charge is 2.35. The lowest BCUT2D eigenvalue weighted by molar-refractivity contribution is -0.116. The van der Waals surface area contributed by atoms with Gasteiger partial charge in [-0.3, -0.25) is 9.89 Å². The molecule has 0 radical (unpaired) electrons. The Labute approximate surface area is 143 Å². The summed E-state index contributed by atoms with van der Waals surface area (Å²) in [7, 11) is 0. The van der Waals surface area contributed by atoms with Crippen LogP contribution in [0.2, 0.25) is 5.02 Å². The lowest BCUT2D eigenvalue weighted by atomic mass is 9.87. The van der Waals surface area contributed by atoms with Crippen molar-refractivity contribution < 1.29 is 9.21 Å². The molecule has 2 aliphatic rings. The van der Waals surface area contributed by atoms with Gasteiger partial charge in [0, 0.05) is 23.3 Å². The monoisotopic (exact) mass is 345 g/mol. The number of halogens is 1. The van der Waals surface area contributed by atoms with Gasteiger partial charge in [0.15, 0.2) is 11.7 Å². The number of carbonyl (C=O) groups excluding carboxylic acids is 1. The summed E-state index contributed by atoms with van der Waals surface area (Å²) in [5.74, 6) is 0.737. The van der Waals surface area contributed by atoms with E-state index in [1.165, 1.54) is 6.20 Å². The summed E-state index contributed by atoms with van der Waals surface area (Å²) >= 11 is 6.22. The number of allylic oxidation sites excluding steroid dienone is 1. The van der Waals surface area contributed by atoms with E-state index >= 15 is 0 Å². The molecule has 124 valence electrons. The topological polar surface area (TPSA) is 95.3 Å². The van der Waals surface area contributed by atoms with Crippen molar-refractivity contribution in [1.82, 2.24) is 20.8 Å². The normalized spacial score (nSPS) is 22.3. The predicted molar refractivity (Wildman–Crippen MR) is 88.3 cm³/mol. The van der Waals surface area contributed by atoms with E-state index < -0.39 is 0 Å². The maximum atomic E-state index is 12.4. The molecule has 1 atom stereocenters. The molecule has 3 heterocycles. The second-order valence-electron chi connectivity index (χ2n) is 5.80. The highest BCUT2D eigenvalue weighted by atomic mass is 35.5. The Morgan fingerprint density at radius 1 is 1.42 bits per heavy atom. The largest absolute Gasteiger partial charge is 0.472 e. The molecule has 4 rings (SSSR count). The first kappa shape index (κ1) is 15.0. The quantitative estimate of drug-likeness (QED) is 0.794. The van der Waals surface area contributed by atoms with Gasteiger partial charge in [-0.05, 0) is 18.9 Å². The number of hydrogen-bond acceptors (Lipinski definition) is 4. The summed E-state index contributed by atoms with van der Waals surface area (Å²) in [5.41, 5.74) is 3.28. The van der Waals surface area contributed by atoms with E-state index in [1.54, 1.807) is 12.5 Å². The Kier molecular flexibility index (Phi) is 3.86. The zero-order valence-corrected chi connectivity index (χ0v) is 13.6. The summed E-state index contributed by atoms with van der Waals surface area (Å²) in [5, 5.41) is 13.9. The predicted octanol–water partition coefficient (Wildman–Crippen LogP) is 2.45. The number of ketones is 1. The van der Waals surface area contributed by atoms with Crippen molar-refractivity contribution in [2.45, 2.75) is 31.8 Å². The van der Waals surface area contributed by atoms with Crippen molar-refractivity contribution in [2.75, 3.05) is 0 Å². The van der Waals surface area contributed by atoms with Gasteiger partial charge in [-0.2, -0.15) is 5.10 Å². The number of hydrogen-bond donors (Lipinski definition) is 3. The molecule has 8 heteroatoms. The highest BCUT2D eigenvalue weighted by Crippen LogP contribution is 2.35. The van der Waals surface area contributed by atoms with E-state index in [9.17, 15) is 4.79 Å². The fraction of sp³-hybridized carbons (Fsp3) is 0.312. The van der Waals surface area contributed by atoms with Gasteiger partial charge in [0.2, 0.25) is 0 Å². The molecule has 24 heavy (non-hydrogen) atoms. The van der Waals surface area contributed by atoms with E-state index in [4.69, 9.17) is 16.0 Å². The van der Waals surface area contributed by atoms with Gasteiger partial charge < -0.3 is 15.1 Å². The summed E-state index contributed by atoms with van der Waals surface area (Å²) < 4.78 is 5.06. The van der Waals surface area contributed by atoms with Crippen LogP contribution >= 0.6 is 11.6 Å². The molecule has 2 aromatic heterocycles. The third-order valence-electron chi connectivity index (χ3n) is 4.20. The Balaban J connectivity index is 1.69. The summed E-state index contributed by atoms with van der Waals surface area (Å²) in [6.07, 6.45) is 7.01. The molecule has 7 nitrogen and oxygen atoms in total. The van der Waals surface area contributed by atoms with Crippen molar-refractivity contribution >= 4 is 23.3 Å². The molecule has 0 saturated heterocycles. The number of carbonyl (C=O) groups is 1. The van der Waals surface area contributed by atoms with E-state index in [1.807, 2.05) is 6.07 Å². The zero-order valence-electron chi connectivity index (χ0n) is 12.8. The number of Topliss-reactive ketones (excluding diaryl/α,β-unsaturated/α-hetero) is 1. The number of H-pyrrole nitrogens is 1. The lowest BCUT2D eigenvalue weighted by Crippen LogP contribution is -2.48. The minimum Gasteiger partial charge on any atom is -0.472 e. The summed E-state index contributed by atoms with van der Waals surface area (Å²) in [6.45, 7) is 0.478. The molecule has 0 fully saturated rings. The molecule has 1 aliphatic heterocycles. The van der Waals surface area contributed by atoms with Crippen LogP contribution in [0.1, 0.15) is 36.6 Å². The number of guanidine groups is 1. The Bertz CT molecular complexity index is 821. The molecule has 1 unspecified atom stereocenters. The smallest absolute Gasteiger partial charge is 0.196 e. The number of aromatic nitrogens is 2. The summed E-state index contributed by atoms with van der Waals surface area (Å²) in [4.78, 5) is 17.0. The van der Waals surface area contributed by atoms with Crippen molar-refractivity contribution in [3.8, 4) is 0 Å². The lowest BCUT2D eigenvalue weighted by Gasteiger charge is -2.33. The van der Waals surface area contributed by atoms with Crippen LogP contribution < -0.4 is 10.6 Å². The number of nitrogens with zero attached hydrogens (tertiary/aromatic N) is 2. The SMILES string of the molecule is O=C1CCCC2=C1C(c1[nH]ncc1Cl)NC(=NCc1ccoc1)N2. The molecular weight excluding hydrogens is 330 g/mol. The molecular formula is C16H16ClN5O2. The fourth-order valence-corrected chi connectivity index (χ4v) is 3.25. The van der Waals surface area contributed by atoms with Crippen molar-refractivity contribution in [3.63, 3.8) is 0 Å². The molecule has 2 aromatic rings. The van der Waals surface area contributed by atoms with E-state index in [2.05, 4.69) is 25.8 Å². The Morgan fingerprint density at radius 3 is 3.08 bits per heavy atom. The molecule has 1 aliphatic carbocycles. The minimum atomic E-state index is -0.368. The van der Waals surface area contributed by atoms with Gasteiger partial charge in [-0.1, -0.05) is 11.6 Å². The van der Waals surface area contributed by atoms with Crippen LogP contribution in [0, 0.1) is 0 Å². The first-order chi connectivity index (χ1) is 11.7. The number of aromatic amines is 1. The Morgan fingerprint density at radius 2 is 2.33 bits per heavy atom. The van der Waals surface area contributed by atoms with Crippen molar-refractivity contribution in [1.29, 1.82) is 0 Å². The molecule has 0 spiro atoms. The Hall–Kier alpha value is -2.54. The van der Waals surface area contributed by atoms with Gasteiger partial charge in [0.1, 0.15) is 6.04 Å². The fourth-order valence-electron chi connectivity index (χ4n) is 3.05. The van der Waals surface area contributed by atoms with Crippen LogP contribution in [-0.2, 0) is 11.3 Å². The number of aliphatic imine (C=N–C) groups is 1. The third kappa shape index (κ3) is 2.71. The van der Waals surface area contributed by atoms with Crippen LogP contribution in [-0.4, -0.2) is 21.9 Å². The van der Waals surface area contributed by atoms with Crippen LogP contribution in [0.25, 0.3) is 0 Å². The average Bonchev–Trinajstić information content (AvgIpc) is 3.24. The van der Waals surface area contributed by atoms with Crippen LogP contribution in [0.15, 0.2) is 45.5 Å². The third-order valence-corrected chi connectivity index (χ3v) is 4.51. The zero-order chi connectivity index (χ0) is 16.5. The number of rotatable bonds is 3. The minimum absolute atomic E-state index is 0.126. The average molecular weight is 346 g/mol. The van der Waals surface area contributed by atoms with E-state index in [0.717, 1.165) is 29.7 Å². The number of furan rings is 1. The maximum absolute atomic E-state index is 12.4. The highest BCUT2D eigenvalue weighted by molar-refractivity contribution is 6.31. The van der Waals surface area contributed by atoms with Gasteiger partial charge in [0.05, 0.1) is 36.0 Å². The van der Waals surface area contributed by atoms with Gasteiger partial charge >= 0.3 is 0 Å². The van der Waals surface area contributed by atoms with Gasteiger partial charge in [0.25, 0.3) is 0 Å². The van der Waals surface area contributed by atoms with Crippen molar-refractivity contribution in [2.24, 2.45) is 4.99 Å². The molecule has 0 aromatic carbocycles. The second-order valence-corrected chi connectivity index (χ2v) is 6.21. The molecule has 0 saturated carbocycles. The number of nitrogens with one attached hydrogen (secondary N) is 3. The van der Waals surface area contributed by atoms with Crippen LogP contribution in [0.3, 0.4) is 0 Å². The molecule has 3 N–H and O–H groups in total. The van der Waals surface area contributed by atoms with E-state index in [-0.39, 0.29) is 11.8 Å². The van der Waals surface area contributed by atoms with Crippen molar-refractivity contribution in [3.05, 3.63) is 52.3 Å². The van der Waals surface area contributed by atoms with E-state index in [0.29, 0.717) is 29.6 Å². The summed E-state index contributed by atoms with van der Waals surface area (Å²) in [6, 6.07) is 1.50. The standard InChI is InChI=1S/C16H16ClN5O2/c17-10-7-19-22-14(10)15-13-11(2-1-3-12(13)23)20-16(21-15)18-6-9-4-5-24-8-9/h4-5,7-8,15H,1-3,6H2,(H,19,22)(H2,18,20,21). The molecule has 0 bridgehead atoms. The first-order valence-electron chi connectivity index (χ1n) is 7.76. The van der Waals surface area contributed by atoms with Gasteiger partial charge in [-0.25, -0.2) is 4.99 Å². The maximum Gasteiger partial charge on any atom is 0.196 e. The first-order valence-corrected chi connectivity index (χ1v) is 8.14. The van der Waals surface area contributed by atoms with Crippen LogP contribution in [0.4, 0.5) is 0 Å².